The Morgan fingerprint density at radius 2 is 1.86 bits per heavy atom. The summed E-state index contributed by atoms with van der Waals surface area (Å²) in [7, 11) is 0. The summed E-state index contributed by atoms with van der Waals surface area (Å²) in [6.07, 6.45) is 4.25. The normalized spacial score (nSPS) is 18.7. The number of hydrogen-bond donors (Lipinski definition) is 1. The number of piperidine rings is 1. The van der Waals surface area contributed by atoms with E-state index in [9.17, 15) is 13.2 Å². The average molecular weight is 499 g/mol. The van der Waals surface area contributed by atoms with Gasteiger partial charge in [-0.15, -0.1) is 0 Å². The van der Waals surface area contributed by atoms with Crippen LogP contribution in [-0.2, 0) is 19.1 Å². The molecule has 0 amide bonds. The first-order chi connectivity index (χ1) is 17.5. The van der Waals surface area contributed by atoms with Crippen LogP contribution in [0.2, 0.25) is 0 Å². The van der Waals surface area contributed by atoms with Crippen LogP contribution in [0.15, 0.2) is 30.9 Å². The highest BCUT2D eigenvalue weighted by Crippen LogP contribution is 2.35. The number of rotatable bonds is 6. The van der Waals surface area contributed by atoms with E-state index < -0.39 is 11.9 Å². The van der Waals surface area contributed by atoms with Crippen molar-refractivity contribution in [1.29, 1.82) is 0 Å². The van der Waals surface area contributed by atoms with Gasteiger partial charge in [-0.1, -0.05) is 0 Å². The van der Waals surface area contributed by atoms with Crippen LogP contribution in [0, 0.1) is 0 Å². The first-order valence-electron chi connectivity index (χ1n) is 12.6. The van der Waals surface area contributed by atoms with Crippen LogP contribution >= 0.6 is 0 Å². The topological polar surface area (TPSA) is 75.0 Å². The molecule has 3 aliphatic rings. The summed E-state index contributed by atoms with van der Waals surface area (Å²) in [6.45, 7) is 6.52. The first-order valence-corrected chi connectivity index (χ1v) is 12.6. The van der Waals surface area contributed by atoms with Crippen molar-refractivity contribution in [2.75, 3.05) is 49.5 Å². The lowest BCUT2D eigenvalue weighted by atomic mass is 9.95. The molecule has 0 radical (unpaired) electrons. The second-order valence-electron chi connectivity index (χ2n) is 9.76. The smallest absolute Gasteiger partial charge is 0.369 e. The fraction of sp³-hybridized carbons (Fsp3) is 0.520. The predicted molar refractivity (Wildman–Crippen MR) is 130 cm³/mol. The maximum atomic E-state index is 13.3. The Bertz CT molecular complexity index is 1230. The molecule has 3 aromatic heterocycles. The SMILES string of the molecule is FC(F)(F)c1cc(-c2cn(CCN3CCC3)c(C3CCN(c4ncnc5c4CCN5)CC3)n2)ccn1. The Kier molecular flexibility index (Phi) is 6.02. The summed E-state index contributed by atoms with van der Waals surface area (Å²) in [5.41, 5.74) is 1.32. The molecule has 0 saturated carbocycles. The molecule has 2 fully saturated rings. The Hall–Kier alpha value is -3.21. The van der Waals surface area contributed by atoms with Crippen LogP contribution in [-0.4, -0.2) is 68.7 Å². The number of anilines is 2. The number of alkyl halides is 3. The molecular weight excluding hydrogens is 469 g/mol. The van der Waals surface area contributed by atoms with E-state index in [0.717, 1.165) is 88.6 Å². The van der Waals surface area contributed by atoms with Crippen molar-refractivity contribution in [2.24, 2.45) is 0 Å². The van der Waals surface area contributed by atoms with E-state index in [-0.39, 0.29) is 5.92 Å². The Morgan fingerprint density at radius 3 is 2.61 bits per heavy atom. The highest BCUT2D eigenvalue weighted by atomic mass is 19.4. The van der Waals surface area contributed by atoms with E-state index in [0.29, 0.717) is 11.3 Å². The Morgan fingerprint density at radius 1 is 1.03 bits per heavy atom. The van der Waals surface area contributed by atoms with E-state index in [1.54, 1.807) is 12.4 Å². The average Bonchev–Trinajstić information content (AvgIpc) is 3.50. The van der Waals surface area contributed by atoms with Crippen molar-refractivity contribution >= 4 is 11.6 Å². The number of pyridine rings is 1. The van der Waals surface area contributed by atoms with Crippen molar-refractivity contribution in [3.8, 4) is 11.3 Å². The molecule has 0 bridgehead atoms. The van der Waals surface area contributed by atoms with Gasteiger partial charge < -0.3 is 19.7 Å². The highest BCUT2D eigenvalue weighted by Gasteiger charge is 2.33. The summed E-state index contributed by atoms with van der Waals surface area (Å²) >= 11 is 0. The number of fused-ring (bicyclic) bond motifs is 1. The summed E-state index contributed by atoms with van der Waals surface area (Å²) < 4.78 is 41.9. The monoisotopic (exact) mass is 498 g/mol. The first kappa shape index (κ1) is 23.2. The van der Waals surface area contributed by atoms with E-state index >= 15 is 0 Å². The van der Waals surface area contributed by atoms with Crippen molar-refractivity contribution in [1.82, 2.24) is 29.4 Å². The molecule has 0 spiro atoms. The molecule has 0 aromatic carbocycles. The zero-order valence-corrected chi connectivity index (χ0v) is 20.0. The zero-order valence-electron chi connectivity index (χ0n) is 20.0. The standard InChI is InChI=1S/C25H29F3N8/c26-25(27,28)21-14-18(2-6-29-21)20-15-36(13-12-34-8-1-9-34)23(33-20)17-4-10-35(11-5-17)24-19-3-7-30-22(19)31-16-32-24/h2,6,14-17H,1,3-5,7-13H2,(H,30,31,32). The maximum absolute atomic E-state index is 13.3. The lowest BCUT2D eigenvalue weighted by Crippen LogP contribution is -2.39. The Balaban J connectivity index is 1.24. The molecule has 11 heteroatoms. The lowest BCUT2D eigenvalue weighted by molar-refractivity contribution is -0.141. The molecule has 8 nitrogen and oxygen atoms in total. The van der Waals surface area contributed by atoms with Gasteiger partial charge in [0.05, 0.1) is 5.69 Å². The molecule has 36 heavy (non-hydrogen) atoms. The molecule has 0 atom stereocenters. The highest BCUT2D eigenvalue weighted by molar-refractivity contribution is 5.62. The number of likely N-dealkylation sites (tertiary alicyclic amines) is 1. The van der Waals surface area contributed by atoms with Crippen LogP contribution in [0.5, 0.6) is 0 Å². The number of hydrogen-bond acceptors (Lipinski definition) is 7. The minimum atomic E-state index is -4.48. The minimum Gasteiger partial charge on any atom is -0.369 e. The maximum Gasteiger partial charge on any atom is 0.433 e. The van der Waals surface area contributed by atoms with Crippen molar-refractivity contribution in [3.63, 3.8) is 0 Å². The molecule has 0 unspecified atom stereocenters. The van der Waals surface area contributed by atoms with Crippen molar-refractivity contribution < 1.29 is 13.2 Å². The number of nitrogens with one attached hydrogen (secondary N) is 1. The largest absolute Gasteiger partial charge is 0.433 e. The number of aromatic nitrogens is 5. The van der Waals surface area contributed by atoms with Gasteiger partial charge in [-0.3, -0.25) is 4.98 Å². The van der Waals surface area contributed by atoms with E-state index in [1.165, 1.54) is 18.2 Å². The molecule has 6 heterocycles. The van der Waals surface area contributed by atoms with E-state index in [1.807, 2.05) is 6.20 Å². The van der Waals surface area contributed by atoms with Gasteiger partial charge in [0.1, 0.15) is 29.5 Å². The second-order valence-corrected chi connectivity index (χ2v) is 9.76. The van der Waals surface area contributed by atoms with Crippen LogP contribution in [0.4, 0.5) is 24.8 Å². The zero-order chi connectivity index (χ0) is 24.7. The van der Waals surface area contributed by atoms with Gasteiger partial charge in [0.25, 0.3) is 0 Å². The third kappa shape index (κ3) is 4.52. The fourth-order valence-electron chi connectivity index (χ4n) is 5.39. The van der Waals surface area contributed by atoms with Crippen LogP contribution < -0.4 is 10.2 Å². The van der Waals surface area contributed by atoms with Gasteiger partial charge >= 0.3 is 6.18 Å². The van der Waals surface area contributed by atoms with Gasteiger partial charge in [-0.25, -0.2) is 15.0 Å². The predicted octanol–water partition coefficient (Wildman–Crippen LogP) is 3.81. The summed E-state index contributed by atoms with van der Waals surface area (Å²) in [5, 5.41) is 3.32. The minimum absolute atomic E-state index is 0.239. The fourth-order valence-corrected chi connectivity index (χ4v) is 5.39. The van der Waals surface area contributed by atoms with Crippen LogP contribution in [0.25, 0.3) is 11.3 Å². The quantitative estimate of drug-likeness (QED) is 0.554. The number of nitrogens with zero attached hydrogens (tertiary/aromatic N) is 7. The van der Waals surface area contributed by atoms with E-state index in [2.05, 4.69) is 34.6 Å². The van der Waals surface area contributed by atoms with Crippen LogP contribution in [0.3, 0.4) is 0 Å². The lowest BCUT2D eigenvalue weighted by Gasteiger charge is -2.34. The molecule has 190 valence electrons. The number of imidazole rings is 1. The summed E-state index contributed by atoms with van der Waals surface area (Å²) in [4.78, 5) is 22.1. The molecule has 3 aliphatic heterocycles. The molecule has 2 saturated heterocycles. The Labute approximate surface area is 207 Å². The van der Waals surface area contributed by atoms with Gasteiger partial charge in [0.15, 0.2) is 0 Å². The third-order valence-electron chi connectivity index (χ3n) is 7.51. The van der Waals surface area contributed by atoms with Gasteiger partial charge in [0.2, 0.25) is 0 Å². The second kappa shape index (κ2) is 9.34. The summed E-state index contributed by atoms with van der Waals surface area (Å²) in [5.74, 6) is 3.15. The molecule has 0 aliphatic carbocycles. The molecular formula is C25H29F3N8. The van der Waals surface area contributed by atoms with Gasteiger partial charge in [-0.2, -0.15) is 13.2 Å². The molecule has 6 rings (SSSR count). The third-order valence-corrected chi connectivity index (χ3v) is 7.51. The van der Waals surface area contributed by atoms with Gasteiger partial charge in [0, 0.05) is 62.2 Å². The number of halogens is 3. The molecule has 3 aromatic rings. The van der Waals surface area contributed by atoms with Crippen molar-refractivity contribution in [3.05, 3.63) is 47.9 Å². The van der Waals surface area contributed by atoms with Crippen LogP contribution in [0.1, 0.15) is 42.3 Å². The van der Waals surface area contributed by atoms with Gasteiger partial charge in [-0.05, 0) is 50.9 Å². The van der Waals surface area contributed by atoms with E-state index in [4.69, 9.17) is 4.98 Å². The summed E-state index contributed by atoms with van der Waals surface area (Å²) in [6, 6.07) is 2.70. The molecule has 1 N–H and O–H groups in total. The van der Waals surface area contributed by atoms with Crippen molar-refractivity contribution in [2.45, 2.75) is 44.3 Å².